The topological polar surface area (TPSA) is 54.9 Å². The Bertz CT molecular complexity index is 1020. The Kier molecular flexibility index (Phi) is 4.23. The lowest BCUT2D eigenvalue weighted by Gasteiger charge is -2.05. The maximum atomic E-state index is 12.6. The molecule has 5 heteroatoms. The van der Waals surface area contributed by atoms with E-state index in [9.17, 15) is 4.79 Å². The summed E-state index contributed by atoms with van der Waals surface area (Å²) in [5, 5.41) is 4.34. The third kappa shape index (κ3) is 3.41. The van der Waals surface area contributed by atoms with Crippen LogP contribution in [0.15, 0.2) is 73.1 Å². The van der Waals surface area contributed by atoms with E-state index in [1.807, 2.05) is 48.7 Å². The van der Waals surface area contributed by atoms with Gasteiger partial charge in [0.25, 0.3) is 5.91 Å². The minimum atomic E-state index is -0.167. The zero-order chi connectivity index (χ0) is 17.1. The highest BCUT2D eigenvalue weighted by Gasteiger charge is 2.12. The van der Waals surface area contributed by atoms with Crippen LogP contribution < -0.4 is 5.32 Å². The number of thiazole rings is 1. The number of hydrogen-bond acceptors (Lipinski definition) is 4. The van der Waals surface area contributed by atoms with Crippen molar-refractivity contribution in [1.82, 2.24) is 9.97 Å². The number of nitrogens with one attached hydrogen (secondary N) is 1. The van der Waals surface area contributed by atoms with Gasteiger partial charge >= 0.3 is 0 Å². The van der Waals surface area contributed by atoms with E-state index < -0.39 is 0 Å². The molecule has 0 aliphatic rings. The van der Waals surface area contributed by atoms with Crippen LogP contribution in [0.4, 0.5) is 5.13 Å². The van der Waals surface area contributed by atoms with Gasteiger partial charge in [-0.05, 0) is 23.8 Å². The van der Waals surface area contributed by atoms with Crippen molar-refractivity contribution < 1.29 is 4.79 Å². The lowest BCUT2D eigenvalue weighted by atomic mass is 10.1. The Labute approximate surface area is 149 Å². The number of carbonyl (C=O) groups excluding carboxylic acids is 1. The smallest absolute Gasteiger partial charge is 0.258 e. The molecule has 4 rings (SSSR count). The van der Waals surface area contributed by atoms with Gasteiger partial charge in [-0.3, -0.25) is 15.1 Å². The van der Waals surface area contributed by atoms with E-state index in [4.69, 9.17) is 0 Å². The normalized spacial score (nSPS) is 10.7. The number of anilines is 1. The third-order valence-corrected chi connectivity index (χ3v) is 4.80. The first-order valence-electron chi connectivity index (χ1n) is 7.93. The Morgan fingerprint density at radius 1 is 0.960 bits per heavy atom. The lowest BCUT2D eigenvalue weighted by molar-refractivity contribution is 0.102. The number of nitrogens with zero attached hydrogens (tertiary/aromatic N) is 2. The minimum absolute atomic E-state index is 0.167. The summed E-state index contributed by atoms with van der Waals surface area (Å²) in [6, 6.07) is 19.5. The fourth-order valence-corrected chi connectivity index (χ4v) is 3.55. The van der Waals surface area contributed by atoms with Crippen LogP contribution >= 0.6 is 11.3 Å². The molecule has 0 fully saturated rings. The molecule has 0 aliphatic heterocycles. The molecule has 1 amide bonds. The Morgan fingerprint density at radius 3 is 2.72 bits per heavy atom. The van der Waals surface area contributed by atoms with Crippen molar-refractivity contribution in [2.45, 2.75) is 6.42 Å². The van der Waals surface area contributed by atoms with Crippen molar-refractivity contribution in [3.8, 4) is 0 Å². The summed E-state index contributed by atoms with van der Waals surface area (Å²) in [5.41, 5.74) is 2.63. The fraction of sp³-hybridized carbons (Fsp3) is 0.0500. The number of carbonyl (C=O) groups is 1. The van der Waals surface area contributed by atoms with E-state index in [0.29, 0.717) is 10.7 Å². The van der Waals surface area contributed by atoms with E-state index in [-0.39, 0.29) is 5.91 Å². The van der Waals surface area contributed by atoms with Crippen LogP contribution in [-0.4, -0.2) is 15.9 Å². The van der Waals surface area contributed by atoms with Gasteiger partial charge in [-0.25, -0.2) is 4.98 Å². The zero-order valence-electron chi connectivity index (χ0n) is 13.3. The maximum absolute atomic E-state index is 12.6. The molecule has 0 radical (unpaired) electrons. The molecule has 0 saturated heterocycles. The highest BCUT2D eigenvalue weighted by Crippen LogP contribution is 2.23. The van der Waals surface area contributed by atoms with Crippen molar-refractivity contribution in [3.05, 3.63) is 89.1 Å². The van der Waals surface area contributed by atoms with Gasteiger partial charge in [-0.2, -0.15) is 0 Å². The van der Waals surface area contributed by atoms with Crippen molar-refractivity contribution in [2.75, 3.05) is 5.32 Å². The van der Waals surface area contributed by atoms with Crippen LogP contribution in [0.3, 0.4) is 0 Å². The molecule has 0 saturated carbocycles. The predicted octanol–water partition coefficient (Wildman–Crippen LogP) is 4.53. The summed E-state index contributed by atoms with van der Waals surface area (Å²) >= 11 is 1.50. The summed E-state index contributed by atoms with van der Waals surface area (Å²) in [6.45, 7) is 0. The first-order chi connectivity index (χ1) is 12.3. The summed E-state index contributed by atoms with van der Waals surface area (Å²) < 4.78 is 0. The largest absolute Gasteiger partial charge is 0.298 e. The second kappa shape index (κ2) is 6.83. The molecule has 0 bridgehead atoms. The number of aromatic nitrogens is 2. The van der Waals surface area contributed by atoms with Crippen LogP contribution in [0.25, 0.3) is 10.9 Å². The van der Waals surface area contributed by atoms with Crippen LogP contribution in [0.2, 0.25) is 0 Å². The van der Waals surface area contributed by atoms with Gasteiger partial charge in [0, 0.05) is 34.6 Å². The van der Waals surface area contributed by atoms with Gasteiger partial charge in [-0.15, -0.1) is 11.3 Å². The van der Waals surface area contributed by atoms with E-state index >= 15 is 0 Å². The first kappa shape index (κ1) is 15.5. The molecular weight excluding hydrogens is 330 g/mol. The molecule has 2 aromatic heterocycles. The summed E-state index contributed by atoms with van der Waals surface area (Å²) in [6.07, 6.45) is 4.35. The average Bonchev–Trinajstić information content (AvgIpc) is 3.09. The van der Waals surface area contributed by atoms with Crippen LogP contribution in [0.1, 0.15) is 20.8 Å². The fourth-order valence-electron chi connectivity index (χ4n) is 2.71. The monoisotopic (exact) mass is 345 g/mol. The van der Waals surface area contributed by atoms with E-state index in [0.717, 1.165) is 22.2 Å². The second-order valence-electron chi connectivity index (χ2n) is 5.62. The summed E-state index contributed by atoms with van der Waals surface area (Å²) in [5.74, 6) is -0.167. The molecule has 2 aromatic carbocycles. The molecule has 0 aliphatic carbocycles. The molecule has 0 atom stereocenters. The second-order valence-corrected chi connectivity index (χ2v) is 6.74. The molecule has 0 unspecified atom stereocenters. The van der Waals surface area contributed by atoms with Gasteiger partial charge in [-0.1, -0.05) is 42.5 Å². The van der Waals surface area contributed by atoms with E-state index in [2.05, 4.69) is 27.4 Å². The SMILES string of the molecule is O=C(Nc1ncc(Cc2ccccc2)s1)c1cccc2ncccc12. The lowest BCUT2D eigenvalue weighted by Crippen LogP contribution is -2.12. The molecule has 4 aromatic rings. The molecule has 0 spiro atoms. The van der Waals surface area contributed by atoms with Gasteiger partial charge in [0.05, 0.1) is 5.52 Å². The summed E-state index contributed by atoms with van der Waals surface area (Å²) in [4.78, 5) is 22.4. The van der Waals surface area contributed by atoms with Gasteiger partial charge in [0.15, 0.2) is 5.13 Å². The molecule has 1 N–H and O–H groups in total. The minimum Gasteiger partial charge on any atom is -0.298 e. The van der Waals surface area contributed by atoms with Crippen molar-refractivity contribution in [1.29, 1.82) is 0 Å². The molecule has 25 heavy (non-hydrogen) atoms. The number of amides is 1. The highest BCUT2D eigenvalue weighted by atomic mass is 32.1. The number of rotatable bonds is 4. The Balaban J connectivity index is 1.53. The van der Waals surface area contributed by atoms with Gasteiger partial charge in [0.2, 0.25) is 0 Å². The van der Waals surface area contributed by atoms with Crippen LogP contribution in [0, 0.1) is 0 Å². The molecule has 4 nitrogen and oxygen atoms in total. The molecular formula is C20H15N3OS. The van der Waals surface area contributed by atoms with Gasteiger partial charge in [0.1, 0.15) is 0 Å². The van der Waals surface area contributed by atoms with Crippen molar-refractivity contribution >= 4 is 33.3 Å². The molecule has 2 heterocycles. The Hall–Kier alpha value is -3.05. The quantitative estimate of drug-likeness (QED) is 0.591. The van der Waals surface area contributed by atoms with Crippen molar-refractivity contribution in [3.63, 3.8) is 0 Å². The zero-order valence-corrected chi connectivity index (χ0v) is 14.2. The standard InChI is InChI=1S/C20H15N3OS/c24-19(17-8-4-10-18-16(17)9-5-11-21-18)23-20-22-13-15(25-20)12-14-6-2-1-3-7-14/h1-11,13H,12H2,(H,22,23,24). The predicted molar refractivity (Wildman–Crippen MR) is 101 cm³/mol. The number of fused-ring (bicyclic) bond motifs is 1. The van der Waals surface area contributed by atoms with Gasteiger partial charge < -0.3 is 0 Å². The van der Waals surface area contributed by atoms with Crippen LogP contribution in [0.5, 0.6) is 0 Å². The molecule has 122 valence electrons. The third-order valence-electron chi connectivity index (χ3n) is 3.89. The van der Waals surface area contributed by atoms with E-state index in [1.54, 1.807) is 12.3 Å². The number of pyridine rings is 1. The van der Waals surface area contributed by atoms with Crippen molar-refractivity contribution in [2.24, 2.45) is 0 Å². The first-order valence-corrected chi connectivity index (χ1v) is 8.75. The Morgan fingerprint density at radius 2 is 1.84 bits per heavy atom. The number of hydrogen-bond donors (Lipinski definition) is 1. The summed E-state index contributed by atoms with van der Waals surface area (Å²) in [7, 11) is 0. The average molecular weight is 345 g/mol. The maximum Gasteiger partial charge on any atom is 0.258 e. The highest BCUT2D eigenvalue weighted by molar-refractivity contribution is 7.15. The number of benzene rings is 2. The van der Waals surface area contributed by atoms with Crippen LogP contribution in [-0.2, 0) is 6.42 Å². The van der Waals surface area contributed by atoms with E-state index in [1.165, 1.54) is 16.9 Å².